The summed E-state index contributed by atoms with van der Waals surface area (Å²) < 4.78 is 5.80. The van der Waals surface area contributed by atoms with Crippen LogP contribution < -0.4 is 10.2 Å². The van der Waals surface area contributed by atoms with Gasteiger partial charge in [0.15, 0.2) is 0 Å². The molecule has 0 aliphatic carbocycles. The largest absolute Gasteiger partial charge is 0.377 e. The van der Waals surface area contributed by atoms with Crippen molar-refractivity contribution in [2.75, 3.05) is 29.9 Å². The van der Waals surface area contributed by atoms with Crippen LogP contribution in [0.25, 0.3) is 10.9 Å². The normalized spacial score (nSPS) is 15.9. The Morgan fingerprint density at radius 1 is 1.21 bits per heavy atom. The Labute approximate surface area is 177 Å². The third kappa shape index (κ3) is 4.69. The number of nitrogens with zero attached hydrogens (tertiary/aromatic N) is 2. The number of benzene rings is 2. The first kappa shape index (κ1) is 21.1. The Hall–Kier alpha value is -2.63. The fourth-order valence-electron chi connectivity index (χ4n) is 3.79. The van der Waals surface area contributed by atoms with Gasteiger partial charge in [-0.15, -0.1) is 12.4 Å². The van der Waals surface area contributed by atoms with Crippen molar-refractivity contribution in [1.29, 1.82) is 0 Å². The lowest BCUT2D eigenvalue weighted by molar-refractivity contribution is 0.0788. The lowest BCUT2D eigenvalue weighted by atomic mass is 10.1. The Kier molecular flexibility index (Phi) is 6.72. The molecule has 2 aromatic carbocycles. The molecule has 2 heterocycles. The van der Waals surface area contributed by atoms with Gasteiger partial charge in [-0.2, -0.15) is 0 Å². The number of rotatable bonds is 5. The van der Waals surface area contributed by atoms with Crippen molar-refractivity contribution in [1.82, 2.24) is 4.98 Å². The van der Waals surface area contributed by atoms with Crippen molar-refractivity contribution in [3.63, 3.8) is 0 Å². The molecule has 0 spiro atoms. The molecule has 1 amide bonds. The minimum absolute atomic E-state index is 0. The number of carbonyl (C=O) groups is 1. The van der Waals surface area contributed by atoms with E-state index in [1.165, 1.54) is 5.69 Å². The van der Waals surface area contributed by atoms with Crippen LogP contribution in [0.3, 0.4) is 0 Å². The van der Waals surface area contributed by atoms with E-state index in [0.717, 1.165) is 48.4 Å². The van der Waals surface area contributed by atoms with Gasteiger partial charge in [-0.25, -0.2) is 0 Å². The molecule has 1 N–H and O–H groups in total. The fraction of sp³-hybridized carbons (Fsp3) is 0.304. The van der Waals surface area contributed by atoms with E-state index in [1.807, 2.05) is 50.2 Å². The number of aromatic nitrogens is 1. The average Bonchev–Trinajstić information content (AvgIpc) is 3.16. The van der Waals surface area contributed by atoms with E-state index in [2.05, 4.69) is 16.3 Å². The molecular weight excluding hydrogens is 386 g/mol. The van der Waals surface area contributed by atoms with Gasteiger partial charge < -0.3 is 15.0 Å². The second kappa shape index (κ2) is 9.25. The smallest absolute Gasteiger partial charge is 0.255 e. The summed E-state index contributed by atoms with van der Waals surface area (Å²) in [6.07, 6.45) is 1.33. The molecule has 0 saturated carbocycles. The summed E-state index contributed by atoms with van der Waals surface area (Å²) in [5.74, 6) is -0.119. The lowest BCUT2D eigenvalue weighted by Gasteiger charge is -2.21. The Morgan fingerprint density at radius 3 is 2.76 bits per heavy atom. The zero-order valence-corrected chi connectivity index (χ0v) is 17.5. The summed E-state index contributed by atoms with van der Waals surface area (Å²) in [5.41, 5.74) is 4.43. The van der Waals surface area contributed by atoms with E-state index in [0.29, 0.717) is 5.56 Å². The second-order valence-corrected chi connectivity index (χ2v) is 7.15. The van der Waals surface area contributed by atoms with E-state index in [1.54, 1.807) is 12.1 Å². The van der Waals surface area contributed by atoms with E-state index in [4.69, 9.17) is 9.72 Å². The van der Waals surface area contributed by atoms with Crippen molar-refractivity contribution >= 4 is 40.6 Å². The second-order valence-electron chi connectivity index (χ2n) is 7.15. The minimum Gasteiger partial charge on any atom is -0.377 e. The number of ether oxygens (including phenoxy) is 1. The number of aryl methyl sites for hydroxylation is 1. The Bertz CT molecular complexity index is 994. The number of carbonyl (C=O) groups excluding carboxylic acids is 1. The van der Waals surface area contributed by atoms with Crippen molar-refractivity contribution in [3.8, 4) is 0 Å². The van der Waals surface area contributed by atoms with E-state index in [9.17, 15) is 4.79 Å². The van der Waals surface area contributed by atoms with Gasteiger partial charge in [-0.3, -0.25) is 9.78 Å². The molecule has 1 saturated heterocycles. The number of amides is 1. The SMILES string of the molecule is CCOC1CCN(c2cc(C)nc3cc(NC(=O)c4ccccc4)ccc23)C1.Cl. The first-order valence-electron chi connectivity index (χ1n) is 9.78. The zero-order valence-electron chi connectivity index (χ0n) is 16.7. The van der Waals surface area contributed by atoms with Crippen LogP contribution in [-0.2, 0) is 4.74 Å². The molecule has 152 valence electrons. The first-order chi connectivity index (χ1) is 13.6. The Morgan fingerprint density at radius 2 is 2.00 bits per heavy atom. The van der Waals surface area contributed by atoms with Crippen molar-refractivity contribution < 1.29 is 9.53 Å². The molecule has 3 aromatic rings. The topological polar surface area (TPSA) is 54.5 Å². The highest BCUT2D eigenvalue weighted by molar-refractivity contribution is 6.05. The van der Waals surface area contributed by atoms with Gasteiger partial charge in [0.2, 0.25) is 0 Å². The van der Waals surface area contributed by atoms with Gasteiger partial charge in [0, 0.05) is 47.7 Å². The molecule has 1 aliphatic rings. The number of hydrogen-bond acceptors (Lipinski definition) is 4. The molecule has 4 rings (SSSR count). The molecule has 29 heavy (non-hydrogen) atoms. The number of halogens is 1. The van der Waals surface area contributed by atoms with Gasteiger partial charge in [0.05, 0.1) is 11.6 Å². The molecule has 1 unspecified atom stereocenters. The first-order valence-corrected chi connectivity index (χ1v) is 9.78. The standard InChI is InChI=1S/C23H25N3O2.ClH/c1-3-28-19-11-12-26(15-19)22-13-16(2)24-21-14-18(9-10-20(21)22)25-23(27)17-7-5-4-6-8-17;/h4-10,13-14,19H,3,11-12,15H2,1-2H3,(H,25,27);1H. The van der Waals surface area contributed by atoms with Crippen LogP contribution >= 0.6 is 12.4 Å². The van der Waals surface area contributed by atoms with Crippen LogP contribution in [0.15, 0.2) is 54.6 Å². The fourth-order valence-corrected chi connectivity index (χ4v) is 3.79. The van der Waals surface area contributed by atoms with Gasteiger partial charge in [0.25, 0.3) is 5.91 Å². The molecule has 0 bridgehead atoms. The summed E-state index contributed by atoms with van der Waals surface area (Å²) in [4.78, 5) is 19.5. The molecule has 1 aliphatic heterocycles. The van der Waals surface area contributed by atoms with E-state index >= 15 is 0 Å². The number of nitrogens with one attached hydrogen (secondary N) is 1. The highest BCUT2D eigenvalue weighted by Crippen LogP contribution is 2.31. The van der Waals surface area contributed by atoms with Crippen LogP contribution in [0.5, 0.6) is 0 Å². The van der Waals surface area contributed by atoms with Gasteiger partial charge in [-0.1, -0.05) is 18.2 Å². The summed E-state index contributed by atoms with van der Waals surface area (Å²) in [6.45, 7) is 6.68. The Balaban J connectivity index is 0.00000240. The van der Waals surface area contributed by atoms with Crippen LogP contribution in [0.2, 0.25) is 0 Å². The quantitative estimate of drug-likeness (QED) is 0.653. The molecule has 1 atom stereocenters. The highest BCUT2D eigenvalue weighted by atomic mass is 35.5. The number of hydrogen-bond donors (Lipinski definition) is 1. The van der Waals surface area contributed by atoms with Gasteiger partial charge in [0.1, 0.15) is 0 Å². The number of anilines is 2. The van der Waals surface area contributed by atoms with E-state index < -0.39 is 0 Å². The molecule has 0 radical (unpaired) electrons. The van der Waals surface area contributed by atoms with Crippen LogP contribution in [0, 0.1) is 6.92 Å². The predicted molar refractivity (Wildman–Crippen MR) is 120 cm³/mol. The maximum Gasteiger partial charge on any atom is 0.255 e. The number of fused-ring (bicyclic) bond motifs is 1. The summed E-state index contributed by atoms with van der Waals surface area (Å²) in [5, 5.41) is 4.07. The third-order valence-electron chi connectivity index (χ3n) is 5.10. The van der Waals surface area contributed by atoms with Gasteiger partial charge in [-0.05, 0) is 56.7 Å². The number of pyridine rings is 1. The van der Waals surface area contributed by atoms with Crippen LogP contribution in [0.4, 0.5) is 11.4 Å². The monoisotopic (exact) mass is 411 g/mol. The maximum absolute atomic E-state index is 12.4. The third-order valence-corrected chi connectivity index (χ3v) is 5.10. The van der Waals surface area contributed by atoms with Crippen molar-refractivity contribution in [2.24, 2.45) is 0 Å². The zero-order chi connectivity index (χ0) is 19.5. The molecule has 1 fully saturated rings. The molecule has 5 nitrogen and oxygen atoms in total. The molecule has 1 aromatic heterocycles. The average molecular weight is 412 g/mol. The maximum atomic E-state index is 12.4. The summed E-state index contributed by atoms with van der Waals surface area (Å²) in [6, 6.07) is 17.3. The summed E-state index contributed by atoms with van der Waals surface area (Å²) >= 11 is 0. The molecular formula is C23H26ClN3O2. The van der Waals surface area contributed by atoms with Crippen molar-refractivity contribution in [2.45, 2.75) is 26.4 Å². The van der Waals surface area contributed by atoms with Crippen LogP contribution in [0.1, 0.15) is 29.4 Å². The highest BCUT2D eigenvalue weighted by Gasteiger charge is 2.24. The van der Waals surface area contributed by atoms with Crippen LogP contribution in [-0.4, -0.2) is 36.7 Å². The summed E-state index contributed by atoms with van der Waals surface area (Å²) in [7, 11) is 0. The minimum atomic E-state index is -0.119. The van der Waals surface area contributed by atoms with Gasteiger partial charge >= 0.3 is 0 Å². The molecule has 6 heteroatoms. The lowest BCUT2D eigenvalue weighted by Crippen LogP contribution is -2.23. The van der Waals surface area contributed by atoms with Crippen molar-refractivity contribution in [3.05, 3.63) is 65.9 Å². The predicted octanol–water partition coefficient (Wildman–Crippen LogP) is 4.83. The van der Waals surface area contributed by atoms with E-state index in [-0.39, 0.29) is 24.4 Å².